The first kappa shape index (κ1) is 21.5. The Labute approximate surface area is 176 Å². The maximum Gasteiger partial charge on any atom is 0.407 e. The summed E-state index contributed by atoms with van der Waals surface area (Å²) in [5.41, 5.74) is 5.16. The van der Waals surface area contributed by atoms with E-state index in [1.165, 1.54) is 5.56 Å². The number of anilines is 2. The molecule has 0 aliphatic carbocycles. The minimum atomic E-state index is -0.442. The van der Waals surface area contributed by atoms with E-state index in [1.54, 1.807) is 6.21 Å². The van der Waals surface area contributed by atoms with Crippen LogP contribution in [0.2, 0.25) is 0 Å². The average Bonchev–Trinajstić information content (AvgIpc) is 2.75. The number of hydrogen-bond donors (Lipinski definition) is 2. The van der Waals surface area contributed by atoms with E-state index in [1.807, 2.05) is 38.1 Å². The number of amides is 1. The Kier molecular flexibility index (Phi) is 7.96. The predicted octanol–water partition coefficient (Wildman–Crippen LogP) is 2.36. The minimum absolute atomic E-state index is 0.199. The molecule has 2 N–H and O–H groups in total. The summed E-state index contributed by atoms with van der Waals surface area (Å²) in [5.74, 6) is 1.97. The first-order valence-electron chi connectivity index (χ1n) is 10.1. The number of morpholine rings is 1. The van der Waals surface area contributed by atoms with Crippen LogP contribution >= 0.6 is 0 Å². The highest BCUT2D eigenvalue weighted by molar-refractivity contribution is 5.80. The zero-order chi connectivity index (χ0) is 21.2. The van der Waals surface area contributed by atoms with E-state index >= 15 is 0 Å². The second-order valence-electron chi connectivity index (χ2n) is 6.83. The highest BCUT2D eigenvalue weighted by atomic mass is 16.5. The lowest BCUT2D eigenvalue weighted by molar-refractivity contribution is 0.122. The number of aryl methyl sites for hydroxylation is 1. The molecule has 0 saturated carbocycles. The molecule has 0 spiro atoms. The van der Waals surface area contributed by atoms with E-state index in [0.29, 0.717) is 37.8 Å². The smallest absolute Gasteiger partial charge is 0.407 e. The SMILES string of the molecule is CCNC(=O)OCCc1nc(NN=Cc2cccc(C)c2)cc(N2CCOCC2)n1. The summed E-state index contributed by atoms with van der Waals surface area (Å²) in [7, 11) is 0. The van der Waals surface area contributed by atoms with Gasteiger partial charge in [0, 0.05) is 32.1 Å². The average molecular weight is 412 g/mol. The summed E-state index contributed by atoms with van der Waals surface area (Å²) in [6.45, 7) is 7.45. The molecule has 2 aromatic rings. The highest BCUT2D eigenvalue weighted by Crippen LogP contribution is 2.18. The third kappa shape index (κ3) is 6.70. The monoisotopic (exact) mass is 412 g/mol. The van der Waals surface area contributed by atoms with Gasteiger partial charge >= 0.3 is 6.09 Å². The van der Waals surface area contributed by atoms with Crippen molar-refractivity contribution in [1.82, 2.24) is 15.3 Å². The van der Waals surface area contributed by atoms with Crippen molar-refractivity contribution in [1.29, 1.82) is 0 Å². The Morgan fingerprint density at radius 2 is 2.13 bits per heavy atom. The maximum atomic E-state index is 11.5. The normalized spacial score (nSPS) is 14.0. The van der Waals surface area contributed by atoms with Crippen molar-refractivity contribution >= 4 is 23.9 Å². The van der Waals surface area contributed by atoms with Crippen molar-refractivity contribution in [3.63, 3.8) is 0 Å². The van der Waals surface area contributed by atoms with Crippen LogP contribution in [0.4, 0.5) is 16.4 Å². The molecule has 0 bridgehead atoms. The molecule has 2 heterocycles. The van der Waals surface area contributed by atoms with Crippen molar-refractivity contribution in [2.24, 2.45) is 5.10 Å². The molecule has 160 valence electrons. The molecule has 0 radical (unpaired) electrons. The van der Waals surface area contributed by atoms with E-state index < -0.39 is 6.09 Å². The lowest BCUT2D eigenvalue weighted by atomic mass is 10.2. The number of carbonyl (C=O) groups is 1. The molecule has 0 atom stereocenters. The lowest BCUT2D eigenvalue weighted by Crippen LogP contribution is -2.37. The predicted molar refractivity (Wildman–Crippen MR) is 116 cm³/mol. The van der Waals surface area contributed by atoms with Crippen LogP contribution in [0.1, 0.15) is 23.9 Å². The van der Waals surface area contributed by atoms with Crippen LogP contribution in [0, 0.1) is 6.92 Å². The fraction of sp³-hybridized carbons (Fsp3) is 0.429. The third-order valence-electron chi connectivity index (χ3n) is 4.41. The van der Waals surface area contributed by atoms with Gasteiger partial charge in [0.2, 0.25) is 0 Å². The summed E-state index contributed by atoms with van der Waals surface area (Å²) < 4.78 is 10.6. The Hall–Kier alpha value is -3.20. The molecule has 1 aliphatic rings. The second kappa shape index (κ2) is 11.1. The fourth-order valence-corrected chi connectivity index (χ4v) is 2.96. The Morgan fingerprint density at radius 3 is 2.90 bits per heavy atom. The number of hydrogen-bond acceptors (Lipinski definition) is 8. The molecular formula is C21H28N6O3. The second-order valence-corrected chi connectivity index (χ2v) is 6.83. The number of rotatable bonds is 8. The number of benzene rings is 1. The van der Waals surface area contributed by atoms with Gasteiger partial charge in [0.1, 0.15) is 18.2 Å². The van der Waals surface area contributed by atoms with Crippen molar-refractivity contribution < 1.29 is 14.3 Å². The van der Waals surface area contributed by atoms with E-state index in [4.69, 9.17) is 9.47 Å². The first-order chi connectivity index (χ1) is 14.6. The molecule has 9 nitrogen and oxygen atoms in total. The number of aromatic nitrogens is 2. The van der Waals surface area contributed by atoms with Gasteiger partial charge in [-0.25, -0.2) is 14.8 Å². The number of nitrogens with zero attached hydrogens (tertiary/aromatic N) is 4. The van der Waals surface area contributed by atoms with Gasteiger partial charge < -0.3 is 19.7 Å². The third-order valence-corrected chi connectivity index (χ3v) is 4.41. The summed E-state index contributed by atoms with van der Waals surface area (Å²) in [4.78, 5) is 22.8. The van der Waals surface area contributed by atoms with E-state index in [0.717, 1.165) is 24.5 Å². The maximum absolute atomic E-state index is 11.5. The number of nitrogens with one attached hydrogen (secondary N) is 2. The number of alkyl carbamates (subject to hydrolysis) is 1. The van der Waals surface area contributed by atoms with Gasteiger partial charge in [0.25, 0.3) is 0 Å². The number of carbonyl (C=O) groups excluding carboxylic acids is 1. The lowest BCUT2D eigenvalue weighted by Gasteiger charge is -2.28. The molecule has 1 amide bonds. The van der Waals surface area contributed by atoms with Crippen molar-refractivity contribution in [3.05, 3.63) is 47.3 Å². The standard InChI is InChI=1S/C21H28N6O3/c1-3-22-21(28)30-10-7-18-24-19(14-20(25-18)27-8-11-29-12-9-27)26-23-15-17-6-4-5-16(2)13-17/h4-6,13-15H,3,7-12H2,1-2H3,(H,22,28)(H,24,25,26). The topological polar surface area (TPSA) is 101 Å². The first-order valence-corrected chi connectivity index (χ1v) is 10.1. The molecule has 0 unspecified atom stereocenters. The molecule has 3 rings (SSSR count). The van der Waals surface area contributed by atoms with Crippen molar-refractivity contribution in [2.75, 3.05) is 49.8 Å². The quantitative estimate of drug-likeness (QED) is 0.507. The molecule has 1 fully saturated rings. The summed E-state index contributed by atoms with van der Waals surface area (Å²) in [6, 6.07) is 9.94. The van der Waals surface area contributed by atoms with Gasteiger partial charge in [-0.15, -0.1) is 0 Å². The van der Waals surface area contributed by atoms with Crippen LogP contribution < -0.4 is 15.6 Å². The van der Waals surface area contributed by atoms with Gasteiger partial charge in [0.15, 0.2) is 5.82 Å². The summed E-state index contributed by atoms with van der Waals surface area (Å²) >= 11 is 0. The van der Waals surface area contributed by atoms with E-state index in [-0.39, 0.29) is 6.61 Å². The highest BCUT2D eigenvalue weighted by Gasteiger charge is 2.15. The van der Waals surface area contributed by atoms with Gasteiger partial charge in [-0.05, 0) is 19.4 Å². The van der Waals surface area contributed by atoms with Crippen LogP contribution in [-0.4, -0.2) is 61.7 Å². The molecule has 1 aromatic carbocycles. The zero-order valence-corrected chi connectivity index (χ0v) is 17.4. The molecule has 1 saturated heterocycles. The van der Waals surface area contributed by atoms with Gasteiger partial charge in [-0.2, -0.15) is 5.10 Å². The van der Waals surface area contributed by atoms with Crippen LogP contribution in [0.3, 0.4) is 0 Å². The van der Waals surface area contributed by atoms with Crippen LogP contribution in [0.25, 0.3) is 0 Å². The number of hydrazone groups is 1. The Balaban J connectivity index is 1.70. The van der Waals surface area contributed by atoms with Crippen LogP contribution in [-0.2, 0) is 15.9 Å². The summed E-state index contributed by atoms with van der Waals surface area (Å²) in [6.07, 6.45) is 1.72. The van der Waals surface area contributed by atoms with E-state index in [2.05, 4.69) is 36.8 Å². The molecule has 1 aromatic heterocycles. The fourth-order valence-electron chi connectivity index (χ4n) is 2.96. The summed E-state index contributed by atoms with van der Waals surface area (Å²) in [5, 5.41) is 6.91. The van der Waals surface area contributed by atoms with E-state index in [9.17, 15) is 4.79 Å². The van der Waals surface area contributed by atoms with Gasteiger partial charge in [0.05, 0.1) is 19.4 Å². The van der Waals surface area contributed by atoms with Crippen LogP contribution in [0.5, 0.6) is 0 Å². The Morgan fingerprint density at radius 1 is 1.30 bits per heavy atom. The van der Waals surface area contributed by atoms with Gasteiger partial charge in [-0.3, -0.25) is 5.43 Å². The Bertz CT molecular complexity index is 868. The van der Waals surface area contributed by atoms with Crippen molar-refractivity contribution in [2.45, 2.75) is 20.3 Å². The molecule has 30 heavy (non-hydrogen) atoms. The zero-order valence-electron chi connectivity index (χ0n) is 17.4. The molecular weight excluding hydrogens is 384 g/mol. The molecule has 9 heteroatoms. The van der Waals surface area contributed by atoms with Gasteiger partial charge in [-0.1, -0.05) is 29.8 Å². The van der Waals surface area contributed by atoms with Crippen LogP contribution in [0.15, 0.2) is 35.4 Å². The minimum Gasteiger partial charge on any atom is -0.449 e. The number of ether oxygens (including phenoxy) is 2. The largest absolute Gasteiger partial charge is 0.449 e. The molecule has 1 aliphatic heterocycles. The van der Waals surface area contributed by atoms with Crippen molar-refractivity contribution in [3.8, 4) is 0 Å².